The van der Waals surface area contributed by atoms with E-state index < -0.39 is 12.0 Å². The van der Waals surface area contributed by atoms with Crippen LogP contribution in [0.4, 0.5) is 0 Å². The van der Waals surface area contributed by atoms with Crippen LogP contribution in [-0.2, 0) is 11.3 Å². The molecule has 1 aromatic carbocycles. The maximum absolute atomic E-state index is 11.2. The van der Waals surface area contributed by atoms with Gasteiger partial charge in [0, 0.05) is 16.6 Å². The Balaban J connectivity index is 1.73. The van der Waals surface area contributed by atoms with Crippen molar-refractivity contribution in [3.05, 3.63) is 40.7 Å². The van der Waals surface area contributed by atoms with Crippen molar-refractivity contribution in [2.24, 2.45) is 0 Å². The summed E-state index contributed by atoms with van der Waals surface area (Å²) in [6, 6.07) is 7.31. The van der Waals surface area contributed by atoms with Crippen LogP contribution in [0.2, 0.25) is 0 Å². The molecule has 21 heavy (non-hydrogen) atoms. The van der Waals surface area contributed by atoms with Crippen LogP contribution in [0.5, 0.6) is 0 Å². The first-order valence-corrected chi connectivity index (χ1v) is 7.60. The van der Waals surface area contributed by atoms with Gasteiger partial charge in [0.05, 0.1) is 5.69 Å². The van der Waals surface area contributed by atoms with E-state index in [0.29, 0.717) is 18.9 Å². The molecule has 0 amide bonds. The molecule has 1 aromatic heterocycles. The van der Waals surface area contributed by atoms with Gasteiger partial charge in [0.15, 0.2) is 0 Å². The summed E-state index contributed by atoms with van der Waals surface area (Å²) in [7, 11) is 0. The summed E-state index contributed by atoms with van der Waals surface area (Å²) >= 11 is 3.39. The second-order valence-corrected chi connectivity index (χ2v) is 6.03. The predicted octanol–water partition coefficient (Wildman–Crippen LogP) is 3.15. The predicted molar refractivity (Wildman–Crippen MR) is 80.7 cm³/mol. The number of hydrogen-bond donors (Lipinski definition) is 1. The molecule has 1 fully saturated rings. The van der Waals surface area contributed by atoms with Crippen molar-refractivity contribution >= 4 is 21.9 Å². The van der Waals surface area contributed by atoms with Gasteiger partial charge in [0.2, 0.25) is 5.89 Å². The molecule has 0 radical (unpaired) electrons. The van der Waals surface area contributed by atoms with Crippen molar-refractivity contribution < 1.29 is 14.3 Å². The number of nitrogens with zero attached hydrogens (tertiary/aromatic N) is 2. The monoisotopic (exact) mass is 350 g/mol. The molecule has 110 valence electrons. The van der Waals surface area contributed by atoms with Gasteiger partial charge in [0.1, 0.15) is 12.3 Å². The van der Waals surface area contributed by atoms with Crippen LogP contribution in [-0.4, -0.2) is 33.5 Å². The summed E-state index contributed by atoms with van der Waals surface area (Å²) < 4.78 is 6.50. The first-order chi connectivity index (χ1) is 10.1. The Labute approximate surface area is 130 Å². The fourth-order valence-electron chi connectivity index (χ4n) is 2.61. The highest BCUT2D eigenvalue weighted by atomic mass is 79.9. The molecule has 3 rings (SSSR count). The highest BCUT2D eigenvalue weighted by molar-refractivity contribution is 9.10. The van der Waals surface area contributed by atoms with Crippen molar-refractivity contribution in [1.82, 2.24) is 9.88 Å². The van der Waals surface area contributed by atoms with E-state index in [4.69, 9.17) is 4.42 Å². The summed E-state index contributed by atoms with van der Waals surface area (Å²) in [4.78, 5) is 17.6. The minimum absolute atomic E-state index is 0.405. The lowest BCUT2D eigenvalue weighted by atomic mass is 10.2. The second kappa shape index (κ2) is 5.99. The van der Waals surface area contributed by atoms with Crippen LogP contribution < -0.4 is 0 Å². The van der Waals surface area contributed by atoms with Gasteiger partial charge in [-0.3, -0.25) is 9.69 Å². The summed E-state index contributed by atoms with van der Waals surface area (Å²) in [5.74, 6) is -0.201. The van der Waals surface area contributed by atoms with E-state index in [9.17, 15) is 9.90 Å². The van der Waals surface area contributed by atoms with Gasteiger partial charge in [-0.05, 0) is 43.7 Å². The van der Waals surface area contributed by atoms with E-state index in [1.165, 1.54) is 0 Å². The van der Waals surface area contributed by atoms with Crippen molar-refractivity contribution in [2.75, 3.05) is 6.54 Å². The Hall–Kier alpha value is -1.66. The van der Waals surface area contributed by atoms with Crippen LogP contribution in [0, 0.1) is 0 Å². The number of benzene rings is 1. The molecule has 0 aliphatic carbocycles. The molecule has 0 unspecified atom stereocenters. The Bertz CT molecular complexity index is 639. The van der Waals surface area contributed by atoms with E-state index in [1.807, 2.05) is 29.2 Å². The third kappa shape index (κ3) is 3.16. The number of carboxylic acid groups (broad SMARTS) is 1. The molecule has 0 saturated carbocycles. The zero-order valence-corrected chi connectivity index (χ0v) is 12.9. The minimum atomic E-state index is -0.760. The number of aliphatic carboxylic acids is 1. The quantitative estimate of drug-likeness (QED) is 0.917. The largest absolute Gasteiger partial charge is 0.480 e. The van der Waals surface area contributed by atoms with Crippen molar-refractivity contribution in [3.8, 4) is 11.5 Å². The zero-order chi connectivity index (χ0) is 14.8. The molecule has 6 heteroatoms. The zero-order valence-electron chi connectivity index (χ0n) is 11.3. The number of halogens is 1. The number of carboxylic acids is 1. The van der Waals surface area contributed by atoms with Crippen LogP contribution in [0.3, 0.4) is 0 Å². The second-order valence-electron chi connectivity index (χ2n) is 5.12. The molecule has 2 heterocycles. The number of likely N-dealkylation sites (tertiary alicyclic amines) is 1. The SMILES string of the molecule is O=C(O)[C@H]1CCCN1Cc1coc(-c2ccc(Br)cc2)n1. The van der Waals surface area contributed by atoms with Gasteiger partial charge in [0.25, 0.3) is 0 Å². The average molecular weight is 351 g/mol. The normalized spacial score (nSPS) is 19.0. The van der Waals surface area contributed by atoms with Crippen LogP contribution in [0.25, 0.3) is 11.5 Å². The Morgan fingerprint density at radius 1 is 1.43 bits per heavy atom. The lowest BCUT2D eigenvalue weighted by Crippen LogP contribution is -2.35. The van der Waals surface area contributed by atoms with Gasteiger partial charge in [-0.1, -0.05) is 15.9 Å². The molecule has 0 spiro atoms. The molecule has 1 aliphatic rings. The number of hydrogen-bond acceptors (Lipinski definition) is 4. The standard InChI is InChI=1S/C15H15BrN2O3/c16-11-5-3-10(4-6-11)14-17-12(9-21-14)8-18-7-1-2-13(18)15(19)20/h3-6,9,13H,1-2,7-8H2,(H,19,20)/t13-/m1/s1. The molecule has 1 saturated heterocycles. The summed E-state index contributed by atoms with van der Waals surface area (Å²) in [6.45, 7) is 1.30. The Morgan fingerprint density at radius 3 is 2.90 bits per heavy atom. The molecule has 0 bridgehead atoms. The first-order valence-electron chi connectivity index (χ1n) is 6.80. The third-order valence-electron chi connectivity index (χ3n) is 3.66. The summed E-state index contributed by atoms with van der Waals surface area (Å²) in [6.07, 6.45) is 3.22. The van der Waals surface area contributed by atoms with Gasteiger partial charge >= 0.3 is 5.97 Å². The van der Waals surface area contributed by atoms with E-state index in [-0.39, 0.29) is 0 Å². The molecule has 1 N–H and O–H groups in total. The van der Waals surface area contributed by atoms with Crippen LogP contribution in [0.15, 0.2) is 39.4 Å². The highest BCUT2D eigenvalue weighted by Crippen LogP contribution is 2.24. The fourth-order valence-corrected chi connectivity index (χ4v) is 2.87. The molecule has 2 aromatic rings. The lowest BCUT2D eigenvalue weighted by Gasteiger charge is -2.19. The van der Waals surface area contributed by atoms with E-state index >= 15 is 0 Å². The van der Waals surface area contributed by atoms with Crippen molar-refractivity contribution in [2.45, 2.75) is 25.4 Å². The van der Waals surface area contributed by atoms with Gasteiger partial charge in [-0.25, -0.2) is 4.98 Å². The molecule has 5 nitrogen and oxygen atoms in total. The number of oxazole rings is 1. The van der Waals surface area contributed by atoms with E-state index in [2.05, 4.69) is 20.9 Å². The van der Waals surface area contributed by atoms with Crippen molar-refractivity contribution in [3.63, 3.8) is 0 Å². The number of carbonyl (C=O) groups is 1. The topological polar surface area (TPSA) is 66.6 Å². The summed E-state index contributed by atoms with van der Waals surface area (Å²) in [5, 5.41) is 9.18. The third-order valence-corrected chi connectivity index (χ3v) is 4.19. The first kappa shape index (κ1) is 14.3. The molecule has 1 atom stereocenters. The van der Waals surface area contributed by atoms with Crippen LogP contribution >= 0.6 is 15.9 Å². The highest BCUT2D eigenvalue weighted by Gasteiger charge is 2.30. The molecule has 1 aliphatic heterocycles. The summed E-state index contributed by atoms with van der Waals surface area (Å²) in [5.41, 5.74) is 1.67. The number of aromatic nitrogens is 1. The Kier molecular flexibility index (Phi) is 4.07. The minimum Gasteiger partial charge on any atom is -0.480 e. The average Bonchev–Trinajstić information content (AvgIpc) is 3.09. The van der Waals surface area contributed by atoms with E-state index in [0.717, 1.165) is 28.7 Å². The van der Waals surface area contributed by atoms with Gasteiger partial charge in [-0.15, -0.1) is 0 Å². The van der Waals surface area contributed by atoms with Gasteiger partial charge in [-0.2, -0.15) is 0 Å². The van der Waals surface area contributed by atoms with Gasteiger partial charge < -0.3 is 9.52 Å². The lowest BCUT2D eigenvalue weighted by molar-refractivity contribution is -0.142. The van der Waals surface area contributed by atoms with Crippen molar-refractivity contribution in [1.29, 1.82) is 0 Å². The maximum Gasteiger partial charge on any atom is 0.320 e. The number of rotatable bonds is 4. The molecular formula is C15H15BrN2O3. The molecular weight excluding hydrogens is 336 g/mol. The fraction of sp³-hybridized carbons (Fsp3) is 0.333. The smallest absolute Gasteiger partial charge is 0.320 e. The van der Waals surface area contributed by atoms with E-state index in [1.54, 1.807) is 6.26 Å². The maximum atomic E-state index is 11.2. The van der Waals surface area contributed by atoms with Crippen LogP contribution in [0.1, 0.15) is 18.5 Å². The Morgan fingerprint density at radius 2 is 2.19 bits per heavy atom.